The average Bonchev–Trinajstić information content (AvgIpc) is 2.94. The molecule has 3 rings (SSSR count). The lowest BCUT2D eigenvalue weighted by atomic mass is 10.1. The van der Waals surface area contributed by atoms with E-state index in [4.69, 9.17) is 11.6 Å². The molecule has 0 radical (unpaired) electrons. The molecular formula is C29H30BrClF3N3O4S. The van der Waals surface area contributed by atoms with Crippen LogP contribution in [0.5, 0.6) is 0 Å². The molecule has 3 aromatic carbocycles. The molecule has 0 aromatic heterocycles. The number of benzene rings is 3. The molecule has 226 valence electrons. The largest absolute Gasteiger partial charge is 0.417 e. The maximum atomic E-state index is 13.9. The van der Waals surface area contributed by atoms with Crippen molar-refractivity contribution in [1.29, 1.82) is 0 Å². The topological polar surface area (TPSA) is 86.8 Å². The summed E-state index contributed by atoms with van der Waals surface area (Å²) in [6.07, 6.45) is -4.24. The molecule has 13 heteroatoms. The van der Waals surface area contributed by atoms with Crippen LogP contribution >= 0.6 is 27.5 Å². The predicted octanol–water partition coefficient (Wildman–Crippen LogP) is 6.65. The van der Waals surface area contributed by atoms with Crippen LogP contribution in [0.15, 0.2) is 82.2 Å². The summed E-state index contributed by atoms with van der Waals surface area (Å²) in [6.45, 7) is 4.24. The van der Waals surface area contributed by atoms with Gasteiger partial charge in [0.2, 0.25) is 11.8 Å². The Morgan fingerprint density at radius 3 is 2.26 bits per heavy atom. The summed E-state index contributed by atoms with van der Waals surface area (Å²) < 4.78 is 70.1. The summed E-state index contributed by atoms with van der Waals surface area (Å²) in [4.78, 5) is 28.0. The van der Waals surface area contributed by atoms with Gasteiger partial charge >= 0.3 is 6.18 Å². The first-order valence-corrected chi connectivity index (χ1v) is 15.5. The molecule has 0 aliphatic rings. The standard InChI is InChI=1S/C29H30BrClF3N3O4S/c1-4-19(2)35-28(39)20(3)36(17-21-9-8-10-22(30)15-21)27(38)18-37(42(40,41)24-11-6-5-7-12-24)23-13-14-26(31)25(16-23)29(32,33)34/h5-16,19-20H,4,17-18H2,1-3H3,(H,35,39). The molecule has 2 unspecified atom stereocenters. The number of anilines is 1. The number of alkyl halides is 3. The minimum Gasteiger partial charge on any atom is -0.352 e. The van der Waals surface area contributed by atoms with Crippen molar-refractivity contribution in [3.8, 4) is 0 Å². The Morgan fingerprint density at radius 2 is 1.67 bits per heavy atom. The Morgan fingerprint density at radius 1 is 1.00 bits per heavy atom. The van der Waals surface area contributed by atoms with Crippen LogP contribution in [-0.2, 0) is 32.3 Å². The maximum Gasteiger partial charge on any atom is 0.417 e. The van der Waals surface area contributed by atoms with Gasteiger partial charge in [-0.15, -0.1) is 0 Å². The van der Waals surface area contributed by atoms with Crippen molar-refractivity contribution in [1.82, 2.24) is 10.2 Å². The fourth-order valence-corrected chi connectivity index (χ4v) is 6.11. The molecule has 3 aromatic rings. The first kappa shape index (κ1) is 33.4. The number of amides is 2. The van der Waals surface area contributed by atoms with Gasteiger partial charge in [0, 0.05) is 17.1 Å². The van der Waals surface area contributed by atoms with Crippen LogP contribution in [-0.4, -0.2) is 43.8 Å². The Hall–Kier alpha value is -3.09. The summed E-state index contributed by atoms with van der Waals surface area (Å²) in [5, 5.41) is 2.20. The molecular weight excluding hydrogens is 659 g/mol. The number of sulfonamides is 1. The van der Waals surface area contributed by atoms with Crippen LogP contribution in [0.4, 0.5) is 18.9 Å². The van der Waals surface area contributed by atoms with Crippen molar-refractivity contribution in [2.45, 2.75) is 56.9 Å². The zero-order valence-electron chi connectivity index (χ0n) is 23.0. The lowest BCUT2D eigenvalue weighted by Gasteiger charge is -2.32. The molecule has 7 nitrogen and oxygen atoms in total. The Kier molecular flexibility index (Phi) is 11.1. The van der Waals surface area contributed by atoms with Crippen LogP contribution in [0.3, 0.4) is 0 Å². The molecule has 42 heavy (non-hydrogen) atoms. The smallest absolute Gasteiger partial charge is 0.352 e. The fourth-order valence-electron chi connectivity index (χ4n) is 4.01. The highest BCUT2D eigenvalue weighted by Crippen LogP contribution is 2.38. The number of hydrogen-bond donors (Lipinski definition) is 1. The third-order valence-electron chi connectivity index (χ3n) is 6.56. The van der Waals surface area contributed by atoms with Crippen molar-refractivity contribution in [2.75, 3.05) is 10.8 Å². The third-order valence-corrected chi connectivity index (χ3v) is 9.17. The van der Waals surface area contributed by atoms with Crippen LogP contribution in [0.25, 0.3) is 0 Å². The molecule has 2 atom stereocenters. The van der Waals surface area contributed by atoms with Crippen molar-refractivity contribution in [2.24, 2.45) is 0 Å². The van der Waals surface area contributed by atoms with Gasteiger partial charge in [0.15, 0.2) is 0 Å². The van der Waals surface area contributed by atoms with Gasteiger partial charge in [-0.25, -0.2) is 8.42 Å². The van der Waals surface area contributed by atoms with E-state index in [2.05, 4.69) is 21.2 Å². The van der Waals surface area contributed by atoms with E-state index >= 15 is 0 Å². The quantitative estimate of drug-likeness (QED) is 0.245. The van der Waals surface area contributed by atoms with E-state index in [1.54, 1.807) is 37.3 Å². The van der Waals surface area contributed by atoms with Gasteiger partial charge in [-0.05, 0) is 68.3 Å². The second-order valence-electron chi connectivity index (χ2n) is 9.63. The van der Waals surface area contributed by atoms with Gasteiger partial charge < -0.3 is 10.2 Å². The summed E-state index contributed by atoms with van der Waals surface area (Å²) in [5.41, 5.74) is -1.03. The van der Waals surface area contributed by atoms with Gasteiger partial charge in [-0.1, -0.05) is 64.8 Å². The predicted molar refractivity (Wildman–Crippen MR) is 159 cm³/mol. The summed E-state index contributed by atoms with van der Waals surface area (Å²) in [5.74, 6) is -1.26. The fraction of sp³-hybridized carbons (Fsp3) is 0.310. The van der Waals surface area contributed by atoms with Crippen LogP contribution in [0.1, 0.15) is 38.3 Å². The normalized spacial score (nSPS) is 13.2. The summed E-state index contributed by atoms with van der Waals surface area (Å²) >= 11 is 9.17. The van der Waals surface area contributed by atoms with Gasteiger partial charge in [-0.3, -0.25) is 13.9 Å². The zero-order chi connectivity index (χ0) is 31.2. The first-order chi connectivity index (χ1) is 19.6. The van der Waals surface area contributed by atoms with E-state index in [0.29, 0.717) is 22.4 Å². The van der Waals surface area contributed by atoms with Crippen molar-refractivity contribution in [3.63, 3.8) is 0 Å². The van der Waals surface area contributed by atoms with E-state index < -0.39 is 56.9 Å². The number of hydrogen-bond acceptors (Lipinski definition) is 4. The van der Waals surface area contributed by atoms with Crippen molar-refractivity contribution < 1.29 is 31.2 Å². The Balaban J connectivity index is 2.11. The van der Waals surface area contributed by atoms with E-state index in [1.807, 2.05) is 6.92 Å². The summed E-state index contributed by atoms with van der Waals surface area (Å²) in [6, 6.07) is 15.4. The molecule has 0 spiro atoms. The number of carbonyl (C=O) groups excluding carboxylic acids is 2. The molecule has 0 fully saturated rings. The summed E-state index contributed by atoms with van der Waals surface area (Å²) in [7, 11) is -4.54. The number of halogens is 5. The van der Waals surface area contributed by atoms with Crippen molar-refractivity contribution in [3.05, 3.63) is 93.4 Å². The SMILES string of the molecule is CCC(C)NC(=O)C(C)N(Cc1cccc(Br)c1)C(=O)CN(c1ccc(Cl)c(C(F)(F)F)c1)S(=O)(=O)c1ccccc1. The van der Waals surface area contributed by atoms with Crippen LogP contribution < -0.4 is 9.62 Å². The lowest BCUT2D eigenvalue weighted by Crippen LogP contribution is -2.52. The highest BCUT2D eigenvalue weighted by Gasteiger charge is 2.37. The minimum absolute atomic E-state index is 0.0684. The number of nitrogens with zero attached hydrogens (tertiary/aromatic N) is 2. The second-order valence-corrected chi connectivity index (χ2v) is 12.8. The van der Waals surface area contributed by atoms with Gasteiger partial charge in [0.25, 0.3) is 10.0 Å². The number of nitrogens with one attached hydrogen (secondary N) is 1. The molecule has 0 aliphatic carbocycles. The molecule has 0 bridgehead atoms. The minimum atomic E-state index is -4.88. The molecule has 0 saturated carbocycles. The Labute approximate surface area is 256 Å². The van der Waals surface area contributed by atoms with E-state index in [1.165, 1.54) is 36.1 Å². The zero-order valence-corrected chi connectivity index (χ0v) is 26.2. The second kappa shape index (κ2) is 13.9. The molecule has 0 heterocycles. The van der Waals surface area contributed by atoms with E-state index in [9.17, 15) is 31.2 Å². The lowest BCUT2D eigenvalue weighted by molar-refractivity contribution is -0.139. The van der Waals surface area contributed by atoms with Gasteiger partial charge in [0.05, 0.1) is 21.2 Å². The number of rotatable bonds is 11. The average molecular weight is 689 g/mol. The maximum absolute atomic E-state index is 13.9. The third kappa shape index (κ3) is 8.26. The number of carbonyl (C=O) groups is 2. The highest BCUT2D eigenvalue weighted by atomic mass is 79.9. The first-order valence-electron chi connectivity index (χ1n) is 12.9. The van der Waals surface area contributed by atoms with E-state index in [0.717, 1.165) is 16.6 Å². The molecule has 1 N–H and O–H groups in total. The highest BCUT2D eigenvalue weighted by molar-refractivity contribution is 9.10. The van der Waals surface area contributed by atoms with Crippen LogP contribution in [0, 0.1) is 0 Å². The van der Waals surface area contributed by atoms with Gasteiger partial charge in [-0.2, -0.15) is 13.2 Å². The monoisotopic (exact) mass is 687 g/mol. The van der Waals surface area contributed by atoms with Gasteiger partial charge in [0.1, 0.15) is 12.6 Å². The van der Waals surface area contributed by atoms with E-state index in [-0.39, 0.29) is 17.5 Å². The van der Waals surface area contributed by atoms with Crippen LogP contribution in [0.2, 0.25) is 5.02 Å². The molecule has 0 aliphatic heterocycles. The van der Waals surface area contributed by atoms with Crippen molar-refractivity contribution >= 4 is 55.1 Å². The Bertz CT molecular complexity index is 1520. The molecule has 0 saturated heterocycles. The molecule has 2 amide bonds.